The quantitative estimate of drug-likeness (QED) is 0.785. The molecule has 2 aromatic heterocycles. The summed E-state index contributed by atoms with van der Waals surface area (Å²) in [5.74, 6) is 0.436. The summed E-state index contributed by atoms with van der Waals surface area (Å²) in [5.41, 5.74) is 3.85. The van der Waals surface area contributed by atoms with Crippen LogP contribution in [0.3, 0.4) is 0 Å². The van der Waals surface area contributed by atoms with Crippen LogP contribution >= 0.6 is 0 Å². The van der Waals surface area contributed by atoms with Gasteiger partial charge in [0.15, 0.2) is 0 Å². The highest BCUT2D eigenvalue weighted by atomic mass is 16.1. The van der Waals surface area contributed by atoms with E-state index in [4.69, 9.17) is 0 Å². The summed E-state index contributed by atoms with van der Waals surface area (Å²) in [6.07, 6.45) is 4.69. The van der Waals surface area contributed by atoms with Crippen molar-refractivity contribution in [3.63, 3.8) is 0 Å². The Bertz CT molecular complexity index is 770. The Kier molecular flexibility index (Phi) is 4.42. The van der Waals surface area contributed by atoms with Crippen molar-refractivity contribution in [1.82, 2.24) is 14.7 Å². The Balaban J connectivity index is 1.56. The molecule has 2 heterocycles. The van der Waals surface area contributed by atoms with Gasteiger partial charge < -0.3 is 9.72 Å². The second kappa shape index (κ2) is 6.65. The van der Waals surface area contributed by atoms with Gasteiger partial charge in [-0.1, -0.05) is 32.0 Å². The van der Waals surface area contributed by atoms with E-state index in [1.54, 1.807) is 0 Å². The molecule has 3 rings (SSSR count). The van der Waals surface area contributed by atoms with Crippen LogP contribution in [-0.4, -0.2) is 21.8 Å². The molecular formula is C19H21N3O. The van der Waals surface area contributed by atoms with Crippen LogP contribution in [0.25, 0.3) is 5.65 Å². The number of amides is 1. The largest absolute Gasteiger partial charge is 0.352 e. The average molecular weight is 307 g/mol. The zero-order valence-electron chi connectivity index (χ0n) is 13.5. The van der Waals surface area contributed by atoms with Gasteiger partial charge in [0.2, 0.25) is 0 Å². The summed E-state index contributed by atoms with van der Waals surface area (Å²) in [6, 6.07) is 13.7. The summed E-state index contributed by atoms with van der Waals surface area (Å²) >= 11 is 0. The van der Waals surface area contributed by atoms with Crippen LogP contribution in [0.15, 0.2) is 54.9 Å². The Labute approximate surface area is 136 Å². The van der Waals surface area contributed by atoms with E-state index in [1.807, 2.05) is 59.3 Å². The fraction of sp³-hybridized carbons (Fsp3) is 0.263. The molecule has 0 radical (unpaired) electrons. The monoisotopic (exact) mass is 307 g/mol. The molecule has 0 fully saturated rings. The van der Waals surface area contributed by atoms with Crippen molar-refractivity contribution in [1.29, 1.82) is 0 Å². The number of hydrogen-bond donors (Lipinski definition) is 1. The molecule has 4 heteroatoms. The van der Waals surface area contributed by atoms with Crippen molar-refractivity contribution in [3.05, 3.63) is 71.7 Å². The van der Waals surface area contributed by atoms with Crippen LogP contribution in [0.4, 0.5) is 0 Å². The average Bonchev–Trinajstić information content (AvgIpc) is 2.97. The van der Waals surface area contributed by atoms with E-state index in [-0.39, 0.29) is 5.91 Å². The SMILES string of the molecule is CC(C)c1ccc(C(=O)NCCc2cn3ccccc3n2)cc1. The Morgan fingerprint density at radius 1 is 1.17 bits per heavy atom. The molecule has 118 valence electrons. The van der Waals surface area contributed by atoms with Gasteiger partial charge >= 0.3 is 0 Å². The lowest BCUT2D eigenvalue weighted by Gasteiger charge is -2.07. The summed E-state index contributed by atoms with van der Waals surface area (Å²) in [6.45, 7) is 4.86. The number of nitrogens with zero attached hydrogens (tertiary/aromatic N) is 2. The van der Waals surface area contributed by atoms with E-state index in [2.05, 4.69) is 24.1 Å². The number of fused-ring (bicyclic) bond motifs is 1. The van der Waals surface area contributed by atoms with Crippen molar-refractivity contribution in [2.45, 2.75) is 26.2 Å². The normalized spacial score (nSPS) is 11.1. The molecule has 0 aliphatic heterocycles. The van der Waals surface area contributed by atoms with Crippen LogP contribution in [0.2, 0.25) is 0 Å². The molecule has 0 aliphatic carbocycles. The maximum Gasteiger partial charge on any atom is 0.251 e. The zero-order valence-corrected chi connectivity index (χ0v) is 13.5. The molecule has 0 atom stereocenters. The lowest BCUT2D eigenvalue weighted by Crippen LogP contribution is -2.25. The molecule has 0 unspecified atom stereocenters. The molecule has 1 aromatic carbocycles. The first-order valence-electron chi connectivity index (χ1n) is 7.94. The third-order valence-corrected chi connectivity index (χ3v) is 3.92. The number of rotatable bonds is 5. The molecule has 0 bridgehead atoms. The van der Waals surface area contributed by atoms with Crippen molar-refractivity contribution in [2.24, 2.45) is 0 Å². The molecule has 1 amide bonds. The van der Waals surface area contributed by atoms with E-state index < -0.39 is 0 Å². The van der Waals surface area contributed by atoms with Gasteiger partial charge in [0, 0.05) is 30.9 Å². The van der Waals surface area contributed by atoms with Crippen LogP contribution in [-0.2, 0) is 6.42 Å². The van der Waals surface area contributed by atoms with Crippen molar-refractivity contribution in [3.8, 4) is 0 Å². The number of hydrogen-bond acceptors (Lipinski definition) is 2. The summed E-state index contributed by atoms with van der Waals surface area (Å²) < 4.78 is 1.99. The van der Waals surface area contributed by atoms with E-state index in [0.29, 0.717) is 18.0 Å². The predicted molar refractivity (Wildman–Crippen MR) is 91.8 cm³/mol. The molecule has 0 spiro atoms. The van der Waals surface area contributed by atoms with Gasteiger partial charge in [0.05, 0.1) is 5.69 Å². The predicted octanol–water partition coefficient (Wildman–Crippen LogP) is 3.43. The fourth-order valence-electron chi connectivity index (χ4n) is 2.53. The van der Waals surface area contributed by atoms with Gasteiger partial charge in [-0.15, -0.1) is 0 Å². The van der Waals surface area contributed by atoms with E-state index in [0.717, 1.165) is 17.8 Å². The lowest BCUT2D eigenvalue weighted by atomic mass is 10.0. The Morgan fingerprint density at radius 2 is 1.96 bits per heavy atom. The maximum atomic E-state index is 12.2. The number of imidazole rings is 1. The minimum Gasteiger partial charge on any atom is -0.352 e. The number of benzene rings is 1. The highest BCUT2D eigenvalue weighted by molar-refractivity contribution is 5.94. The van der Waals surface area contributed by atoms with Crippen LogP contribution in [0.5, 0.6) is 0 Å². The van der Waals surface area contributed by atoms with E-state index in [1.165, 1.54) is 5.56 Å². The molecule has 3 aromatic rings. The molecular weight excluding hydrogens is 286 g/mol. The molecule has 4 nitrogen and oxygen atoms in total. The number of nitrogens with one attached hydrogen (secondary N) is 1. The molecule has 0 saturated heterocycles. The van der Waals surface area contributed by atoms with E-state index in [9.17, 15) is 4.79 Å². The summed E-state index contributed by atoms with van der Waals surface area (Å²) in [7, 11) is 0. The maximum absolute atomic E-state index is 12.2. The number of pyridine rings is 1. The molecule has 23 heavy (non-hydrogen) atoms. The lowest BCUT2D eigenvalue weighted by molar-refractivity contribution is 0.0954. The number of carbonyl (C=O) groups excluding carboxylic acids is 1. The number of carbonyl (C=O) groups is 1. The molecule has 0 aliphatic rings. The van der Waals surface area contributed by atoms with Crippen LogP contribution < -0.4 is 5.32 Å². The topological polar surface area (TPSA) is 46.4 Å². The second-order valence-corrected chi connectivity index (χ2v) is 5.98. The Morgan fingerprint density at radius 3 is 2.65 bits per heavy atom. The minimum absolute atomic E-state index is 0.0379. The number of aromatic nitrogens is 2. The summed E-state index contributed by atoms with van der Waals surface area (Å²) in [4.78, 5) is 16.7. The minimum atomic E-state index is -0.0379. The van der Waals surface area contributed by atoms with Gasteiger partial charge in [-0.25, -0.2) is 4.98 Å². The van der Waals surface area contributed by atoms with E-state index >= 15 is 0 Å². The first-order chi connectivity index (χ1) is 11.1. The zero-order chi connectivity index (χ0) is 16.2. The van der Waals surface area contributed by atoms with Gasteiger partial charge in [-0.2, -0.15) is 0 Å². The van der Waals surface area contributed by atoms with Crippen LogP contribution in [0, 0.1) is 0 Å². The van der Waals surface area contributed by atoms with Crippen molar-refractivity contribution < 1.29 is 4.79 Å². The van der Waals surface area contributed by atoms with Crippen molar-refractivity contribution in [2.75, 3.05) is 6.54 Å². The summed E-state index contributed by atoms with van der Waals surface area (Å²) in [5, 5.41) is 2.95. The third kappa shape index (κ3) is 3.59. The van der Waals surface area contributed by atoms with Crippen LogP contribution in [0.1, 0.15) is 41.4 Å². The van der Waals surface area contributed by atoms with Crippen molar-refractivity contribution >= 4 is 11.6 Å². The first kappa shape index (κ1) is 15.3. The highest BCUT2D eigenvalue weighted by Crippen LogP contribution is 2.14. The smallest absolute Gasteiger partial charge is 0.251 e. The molecule has 1 N–H and O–H groups in total. The first-order valence-corrected chi connectivity index (χ1v) is 7.94. The van der Waals surface area contributed by atoms with Gasteiger partial charge in [0.25, 0.3) is 5.91 Å². The third-order valence-electron chi connectivity index (χ3n) is 3.92. The van der Waals surface area contributed by atoms with Gasteiger partial charge in [-0.3, -0.25) is 4.79 Å². The standard InChI is InChI=1S/C19H21N3O/c1-14(2)15-6-8-16(9-7-15)19(23)20-11-10-17-13-22-12-4-3-5-18(22)21-17/h3-9,12-14H,10-11H2,1-2H3,(H,20,23). The highest BCUT2D eigenvalue weighted by Gasteiger charge is 2.07. The van der Waals surface area contributed by atoms with Gasteiger partial charge in [-0.05, 0) is 35.7 Å². The second-order valence-electron chi connectivity index (χ2n) is 5.98. The Hall–Kier alpha value is -2.62. The fourth-order valence-corrected chi connectivity index (χ4v) is 2.53. The van der Waals surface area contributed by atoms with Gasteiger partial charge in [0.1, 0.15) is 5.65 Å². The molecule has 0 saturated carbocycles.